The number of nitrogens with two attached hydrogens (primary N) is 1. The first-order chi connectivity index (χ1) is 17.4. The van der Waals surface area contributed by atoms with E-state index in [0.717, 1.165) is 0 Å². The van der Waals surface area contributed by atoms with Crippen molar-refractivity contribution in [3.8, 4) is 0 Å². The summed E-state index contributed by atoms with van der Waals surface area (Å²) in [6.07, 6.45) is 0.253. The van der Waals surface area contributed by atoms with Crippen LogP contribution in [0.2, 0.25) is 0 Å². The zero-order valence-corrected chi connectivity index (χ0v) is 22.0. The van der Waals surface area contributed by atoms with Gasteiger partial charge >= 0.3 is 12.1 Å². The van der Waals surface area contributed by atoms with Crippen molar-refractivity contribution in [2.75, 3.05) is 19.7 Å². The lowest BCUT2D eigenvalue weighted by Crippen LogP contribution is -2.53. The molecule has 0 heterocycles. The van der Waals surface area contributed by atoms with Gasteiger partial charge in [-0.05, 0) is 39.7 Å². The number of hydrogen-bond donors (Lipinski definition) is 3. The topological polar surface area (TPSA) is 157 Å². The van der Waals surface area contributed by atoms with Crippen LogP contribution in [0.25, 0.3) is 0 Å². The van der Waals surface area contributed by atoms with Crippen molar-refractivity contribution < 1.29 is 33.4 Å². The molecule has 204 valence electrons. The van der Waals surface area contributed by atoms with E-state index in [1.54, 1.807) is 58.0 Å². The van der Waals surface area contributed by atoms with Crippen molar-refractivity contribution in [3.05, 3.63) is 48.6 Å². The summed E-state index contributed by atoms with van der Waals surface area (Å²) in [7, 11) is 0. The number of primary amides is 1. The lowest BCUT2D eigenvalue weighted by Gasteiger charge is -2.33. The second-order valence-electron chi connectivity index (χ2n) is 9.14. The van der Waals surface area contributed by atoms with Crippen LogP contribution in [-0.2, 0) is 28.7 Å². The Morgan fingerprint density at radius 2 is 1.76 bits per heavy atom. The number of amides is 4. The van der Waals surface area contributed by atoms with Crippen LogP contribution in [0.15, 0.2) is 43.0 Å². The summed E-state index contributed by atoms with van der Waals surface area (Å²) in [5.74, 6) is -2.31. The SMILES string of the molecule is C=CCN(C(=O)C(CCC(N)=O)NC(=O)OC(C)(C)C)C(C(=O)NCCC(=O)OCC)c1ccccc1. The van der Waals surface area contributed by atoms with Crippen molar-refractivity contribution in [2.24, 2.45) is 5.73 Å². The molecular formula is C26H38N4O7. The molecule has 0 aromatic heterocycles. The molecule has 0 fully saturated rings. The van der Waals surface area contributed by atoms with Gasteiger partial charge in [-0.25, -0.2) is 4.79 Å². The lowest BCUT2D eigenvalue weighted by molar-refractivity contribution is -0.144. The van der Waals surface area contributed by atoms with Crippen molar-refractivity contribution >= 4 is 29.8 Å². The van der Waals surface area contributed by atoms with Gasteiger partial charge in [0, 0.05) is 19.5 Å². The molecule has 4 amide bonds. The van der Waals surface area contributed by atoms with Crippen molar-refractivity contribution in [1.29, 1.82) is 0 Å². The van der Waals surface area contributed by atoms with E-state index in [2.05, 4.69) is 17.2 Å². The zero-order chi connectivity index (χ0) is 28.0. The normalized spacial score (nSPS) is 12.4. The van der Waals surface area contributed by atoms with E-state index >= 15 is 0 Å². The number of esters is 1. The van der Waals surface area contributed by atoms with Gasteiger partial charge in [0.2, 0.25) is 17.7 Å². The maximum absolute atomic E-state index is 13.7. The molecule has 2 atom stereocenters. The molecule has 2 unspecified atom stereocenters. The van der Waals surface area contributed by atoms with Crippen LogP contribution in [0.5, 0.6) is 0 Å². The Balaban J connectivity index is 3.29. The highest BCUT2D eigenvalue weighted by Crippen LogP contribution is 2.23. The zero-order valence-electron chi connectivity index (χ0n) is 22.0. The third-order valence-electron chi connectivity index (χ3n) is 4.89. The van der Waals surface area contributed by atoms with Crippen LogP contribution in [0.1, 0.15) is 58.6 Å². The second-order valence-corrected chi connectivity index (χ2v) is 9.14. The van der Waals surface area contributed by atoms with E-state index < -0.39 is 47.5 Å². The molecule has 11 heteroatoms. The van der Waals surface area contributed by atoms with Gasteiger partial charge in [0.15, 0.2) is 0 Å². The average molecular weight is 519 g/mol. The second kappa shape index (κ2) is 15.3. The van der Waals surface area contributed by atoms with Gasteiger partial charge in [-0.1, -0.05) is 36.4 Å². The van der Waals surface area contributed by atoms with Gasteiger partial charge in [-0.3, -0.25) is 19.2 Å². The summed E-state index contributed by atoms with van der Waals surface area (Å²) >= 11 is 0. The summed E-state index contributed by atoms with van der Waals surface area (Å²) in [6.45, 7) is 10.6. The number of benzene rings is 1. The van der Waals surface area contributed by atoms with Crippen LogP contribution < -0.4 is 16.4 Å². The molecule has 1 aromatic rings. The number of carbonyl (C=O) groups is 5. The van der Waals surface area contributed by atoms with E-state index in [0.29, 0.717) is 5.56 Å². The fourth-order valence-electron chi connectivity index (χ4n) is 3.38. The molecule has 1 aromatic carbocycles. The molecule has 0 aliphatic rings. The number of alkyl carbamates (subject to hydrolysis) is 1. The highest BCUT2D eigenvalue weighted by atomic mass is 16.6. The maximum Gasteiger partial charge on any atom is 0.408 e. The van der Waals surface area contributed by atoms with Gasteiger partial charge in [0.05, 0.1) is 13.0 Å². The fourth-order valence-corrected chi connectivity index (χ4v) is 3.38. The van der Waals surface area contributed by atoms with E-state index in [-0.39, 0.29) is 39.0 Å². The number of carbonyl (C=O) groups excluding carboxylic acids is 5. The number of hydrogen-bond acceptors (Lipinski definition) is 7. The first kappa shape index (κ1) is 31.1. The first-order valence-electron chi connectivity index (χ1n) is 12.1. The summed E-state index contributed by atoms with van der Waals surface area (Å²) in [4.78, 5) is 63.9. The molecule has 4 N–H and O–H groups in total. The maximum atomic E-state index is 13.7. The molecule has 37 heavy (non-hydrogen) atoms. The van der Waals surface area contributed by atoms with Crippen LogP contribution in [0.3, 0.4) is 0 Å². The van der Waals surface area contributed by atoms with Crippen LogP contribution in [-0.4, -0.2) is 66.0 Å². The number of ether oxygens (including phenoxy) is 2. The number of rotatable bonds is 14. The van der Waals surface area contributed by atoms with Gasteiger partial charge in [-0.15, -0.1) is 6.58 Å². The van der Waals surface area contributed by atoms with Crippen molar-refractivity contribution in [1.82, 2.24) is 15.5 Å². The minimum absolute atomic E-state index is 0.00160. The monoisotopic (exact) mass is 518 g/mol. The Labute approximate surface area is 217 Å². The molecule has 0 aliphatic heterocycles. The van der Waals surface area contributed by atoms with Crippen molar-refractivity contribution in [2.45, 2.75) is 64.6 Å². The third-order valence-corrected chi connectivity index (χ3v) is 4.89. The quantitative estimate of drug-likeness (QED) is 0.251. The smallest absolute Gasteiger partial charge is 0.408 e. The summed E-state index contributed by atoms with van der Waals surface area (Å²) in [5.41, 5.74) is 4.95. The average Bonchev–Trinajstić information content (AvgIpc) is 2.80. The Hall–Kier alpha value is -3.89. The molecule has 0 saturated heterocycles. The molecule has 0 aliphatic carbocycles. The van der Waals surface area contributed by atoms with E-state index in [4.69, 9.17) is 15.2 Å². The van der Waals surface area contributed by atoms with Crippen LogP contribution >= 0.6 is 0 Å². The van der Waals surface area contributed by atoms with E-state index in [1.165, 1.54) is 11.0 Å². The highest BCUT2D eigenvalue weighted by molar-refractivity contribution is 5.92. The molecule has 1 rings (SSSR count). The van der Waals surface area contributed by atoms with Gasteiger partial charge in [0.1, 0.15) is 17.7 Å². The molecule has 0 saturated carbocycles. The predicted octanol–water partition coefficient (Wildman–Crippen LogP) is 1.97. The third kappa shape index (κ3) is 11.6. The minimum atomic E-state index is -1.21. The summed E-state index contributed by atoms with van der Waals surface area (Å²) in [5, 5.41) is 5.17. The Bertz CT molecular complexity index is 944. The van der Waals surface area contributed by atoms with Crippen LogP contribution in [0.4, 0.5) is 4.79 Å². The summed E-state index contributed by atoms with van der Waals surface area (Å²) < 4.78 is 10.2. The standard InChI is InChI=1S/C26H38N4O7/c1-6-17-30(24(34)19(13-14-20(27)31)29-25(35)37-26(3,4)5)22(18-11-9-8-10-12-18)23(33)28-16-15-21(32)36-7-2/h6,8-12,19,22H,1,7,13-17H2,2-5H3,(H2,27,31)(H,28,33)(H,29,35). The summed E-state index contributed by atoms with van der Waals surface area (Å²) in [6, 6.07) is 6.23. The van der Waals surface area contributed by atoms with Gasteiger partial charge in [-0.2, -0.15) is 0 Å². The van der Waals surface area contributed by atoms with E-state index in [9.17, 15) is 24.0 Å². The predicted molar refractivity (Wildman–Crippen MR) is 137 cm³/mol. The molecule has 11 nitrogen and oxygen atoms in total. The Morgan fingerprint density at radius 3 is 2.30 bits per heavy atom. The fraction of sp³-hybridized carbons (Fsp3) is 0.500. The Morgan fingerprint density at radius 1 is 1.11 bits per heavy atom. The highest BCUT2D eigenvalue weighted by Gasteiger charge is 2.35. The molecule has 0 bridgehead atoms. The first-order valence-corrected chi connectivity index (χ1v) is 12.1. The number of nitrogens with zero attached hydrogens (tertiary/aromatic N) is 1. The van der Waals surface area contributed by atoms with Gasteiger partial charge < -0.3 is 30.7 Å². The van der Waals surface area contributed by atoms with Crippen molar-refractivity contribution in [3.63, 3.8) is 0 Å². The molecule has 0 radical (unpaired) electrons. The largest absolute Gasteiger partial charge is 0.466 e. The minimum Gasteiger partial charge on any atom is -0.466 e. The van der Waals surface area contributed by atoms with Gasteiger partial charge in [0.25, 0.3) is 0 Å². The Kier molecular flexibility index (Phi) is 12.9. The molecule has 0 spiro atoms. The molecular weight excluding hydrogens is 480 g/mol. The lowest BCUT2D eigenvalue weighted by atomic mass is 10.0. The van der Waals surface area contributed by atoms with Crippen LogP contribution in [0, 0.1) is 0 Å². The number of nitrogens with one attached hydrogen (secondary N) is 2. The van der Waals surface area contributed by atoms with E-state index in [1.807, 2.05) is 0 Å².